The zero-order chi connectivity index (χ0) is 12.0. The molecular formula is C14H17N3. The van der Waals surface area contributed by atoms with E-state index in [1.165, 1.54) is 34.2 Å². The van der Waals surface area contributed by atoms with Gasteiger partial charge < -0.3 is 5.43 Å². The maximum atomic E-state index is 5.73. The van der Waals surface area contributed by atoms with E-state index >= 15 is 0 Å². The summed E-state index contributed by atoms with van der Waals surface area (Å²) in [6.45, 7) is 4.22. The lowest BCUT2D eigenvalue weighted by Gasteiger charge is -2.14. The summed E-state index contributed by atoms with van der Waals surface area (Å²) in [4.78, 5) is 4.83. The number of hydrazine groups is 1. The lowest BCUT2D eigenvalue weighted by Crippen LogP contribution is -2.11. The van der Waals surface area contributed by atoms with Crippen LogP contribution < -0.4 is 11.3 Å². The molecule has 3 heteroatoms. The van der Waals surface area contributed by atoms with Gasteiger partial charge in [-0.15, -0.1) is 0 Å². The second-order valence-corrected chi connectivity index (χ2v) is 4.83. The molecule has 0 saturated heterocycles. The number of nitrogens with one attached hydrogen (secondary N) is 1. The van der Waals surface area contributed by atoms with Crippen molar-refractivity contribution in [2.45, 2.75) is 33.1 Å². The fraction of sp³-hybridized carbons (Fsp3) is 0.357. The number of fused-ring (bicyclic) bond motifs is 2. The Hall–Kier alpha value is -1.61. The first-order valence-electron chi connectivity index (χ1n) is 6.10. The normalized spacial score (nSPS) is 14.1. The van der Waals surface area contributed by atoms with Crippen LogP contribution in [0.25, 0.3) is 10.9 Å². The van der Waals surface area contributed by atoms with Gasteiger partial charge in [-0.05, 0) is 49.8 Å². The van der Waals surface area contributed by atoms with Crippen LogP contribution >= 0.6 is 0 Å². The molecule has 1 aromatic carbocycles. The molecule has 0 bridgehead atoms. The lowest BCUT2D eigenvalue weighted by molar-refractivity contribution is 0.901. The molecule has 0 unspecified atom stereocenters. The van der Waals surface area contributed by atoms with Gasteiger partial charge in [0.05, 0.1) is 11.2 Å². The highest BCUT2D eigenvalue weighted by molar-refractivity contribution is 5.97. The smallest absolute Gasteiger partial charge is 0.0758 e. The predicted molar refractivity (Wildman–Crippen MR) is 71.1 cm³/mol. The molecule has 3 nitrogen and oxygen atoms in total. The molecule has 2 aromatic rings. The maximum Gasteiger partial charge on any atom is 0.0758 e. The lowest BCUT2D eigenvalue weighted by atomic mass is 10.0. The van der Waals surface area contributed by atoms with E-state index in [4.69, 9.17) is 10.8 Å². The Morgan fingerprint density at radius 3 is 2.71 bits per heavy atom. The van der Waals surface area contributed by atoms with Gasteiger partial charge in [0.1, 0.15) is 0 Å². The van der Waals surface area contributed by atoms with E-state index in [1.807, 2.05) is 0 Å². The minimum absolute atomic E-state index is 1.08. The Morgan fingerprint density at radius 2 is 1.94 bits per heavy atom. The first-order chi connectivity index (χ1) is 8.22. The highest BCUT2D eigenvalue weighted by atomic mass is 15.2. The summed E-state index contributed by atoms with van der Waals surface area (Å²) in [7, 11) is 0. The molecule has 1 aliphatic carbocycles. The van der Waals surface area contributed by atoms with E-state index < -0.39 is 0 Å². The Morgan fingerprint density at radius 1 is 1.18 bits per heavy atom. The Kier molecular flexibility index (Phi) is 2.30. The van der Waals surface area contributed by atoms with Gasteiger partial charge in [0.15, 0.2) is 0 Å². The Bertz CT molecular complexity index is 602. The second kappa shape index (κ2) is 3.70. The quantitative estimate of drug-likeness (QED) is 0.581. The summed E-state index contributed by atoms with van der Waals surface area (Å²) >= 11 is 0. The Balaban J connectivity index is 2.49. The SMILES string of the molecule is Cc1ccc(C)c2c(NN)c3c(nc12)CCC3. The van der Waals surface area contributed by atoms with Gasteiger partial charge in [0.25, 0.3) is 0 Å². The highest BCUT2D eigenvalue weighted by Gasteiger charge is 2.20. The van der Waals surface area contributed by atoms with Crippen LogP contribution in [0.4, 0.5) is 5.69 Å². The summed E-state index contributed by atoms with van der Waals surface area (Å²) in [6, 6.07) is 4.27. The minimum atomic E-state index is 1.08. The van der Waals surface area contributed by atoms with E-state index in [0.29, 0.717) is 0 Å². The number of aryl methyl sites for hydroxylation is 3. The van der Waals surface area contributed by atoms with Gasteiger partial charge in [-0.2, -0.15) is 0 Å². The number of anilines is 1. The molecule has 1 aromatic heterocycles. The van der Waals surface area contributed by atoms with Crippen molar-refractivity contribution in [3.63, 3.8) is 0 Å². The Labute approximate surface area is 101 Å². The van der Waals surface area contributed by atoms with Crippen molar-refractivity contribution in [2.75, 3.05) is 5.43 Å². The van der Waals surface area contributed by atoms with Crippen molar-refractivity contribution in [1.29, 1.82) is 0 Å². The third kappa shape index (κ3) is 1.42. The first kappa shape index (κ1) is 10.5. The average molecular weight is 227 g/mol. The largest absolute Gasteiger partial charge is 0.323 e. The summed E-state index contributed by atoms with van der Waals surface area (Å²) < 4.78 is 0. The van der Waals surface area contributed by atoms with Crippen molar-refractivity contribution >= 4 is 16.6 Å². The summed E-state index contributed by atoms with van der Waals surface area (Å²) in [5.41, 5.74) is 10.1. The van der Waals surface area contributed by atoms with Crippen molar-refractivity contribution < 1.29 is 0 Å². The predicted octanol–water partition coefficient (Wildman–Crippen LogP) is 2.63. The zero-order valence-corrected chi connectivity index (χ0v) is 10.3. The molecule has 1 aliphatic rings. The number of nitrogens with two attached hydrogens (primary N) is 1. The molecule has 0 saturated carbocycles. The van der Waals surface area contributed by atoms with Crippen molar-refractivity contribution in [3.05, 3.63) is 34.5 Å². The molecule has 0 atom stereocenters. The van der Waals surface area contributed by atoms with E-state index in [9.17, 15) is 0 Å². The van der Waals surface area contributed by atoms with Crippen molar-refractivity contribution in [1.82, 2.24) is 4.98 Å². The zero-order valence-electron chi connectivity index (χ0n) is 10.3. The van der Waals surface area contributed by atoms with Crippen LogP contribution in [-0.2, 0) is 12.8 Å². The summed E-state index contributed by atoms with van der Waals surface area (Å²) in [5, 5.41) is 1.19. The third-order valence-corrected chi connectivity index (χ3v) is 3.72. The number of hydrogen-bond acceptors (Lipinski definition) is 3. The molecule has 88 valence electrons. The standard InChI is InChI=1S/C14H17N3/c1-8-6-7-9(2)13-12(8)14(17-15)10-4-3-5-11(10)16-13/h6-7H,3-5,15H2,1-2H3,(H,16,17). The van der Waals surface area contributed by atoms with Crippen LogP contribution in [0.2, 0.25) is 0 Å². The molecule has 0 spiro atoms. The van der Waals surface area contributed by atoms with E-state index in [1.54, 1.807) is 0 Å². The monoisotopic (exact) mass is 227 g/mol. The van der Waals surface area contributed by atoms with Gasteiger partial charge in [-0.25, -0.2) is 0 Å². The first-order valence-corrected chi connectivity index (χ1v) is 6.10. The van der Waals surface area contributed by atoms with Crippen LogP contribution in [0, 0.1) is 13.8 Å². The van der Waals surface area contributed by atoms with Crippen LogP contribution in [-0.4, -0.2) is 4.98 Å². The summed E-state index contributed by atoms with van der Waals surface area (Å²) in [5.74, 6) is 5.73. The average Bonchev–Trinajstić information content (AvgIpc) is 2.79. The van der Waals surface area contributed by atoms with Gasteiger partial charge in [-0.3, -0.25) is 10.8 Å². The topological polar surface area (TPSA) is 50.9 Å². The van der Waals surface area contributed by atoms with Gasteiger partial charge in [-0.1, -0.05) is 12.1 Å². The summed E-state index contributed by atoms with van der Waals surface area (Å²) in [6.07, 6.45) is 3.35. The maximum absolute atomic E-state index is 5.73. The second-order valence-electron chi connectivity index (χ2n) is 4.83. The molecule has 17 heavy (non-hydrogen) atoms. The van der Waals surface area contributed by atoms with Crippen molar-refractivity contribution in [3.8, 4) is 0 Å². The van der Waals surface area contributed by atoms with E-state index in [0.717, 1.165) is 24.0 Å². The molecule has 3 rings (SSSR count). The molecule has 3 N–H and O–H groups in total. The number of nitrogen functional groups attached to an aromatic ring is 1. The number of hydrogen-bond donors (Lipinski definition) is 2. The molecule has 0 fully saturated rings. The van der Waals surface area contributed by atoms with Crippen molar-refractivity contribution in [2.24, 2.45) is 5.84 Å². The molecule has 0 aliphatic heterocycles. The number of rotatable bonds is 1. The van der Waals surface area contributed by atoms with Crippen LogP contribution in [0.5, 0.6) is 0 Å². The van der Waals surface area contributed by atoms with Gasteiger partial charge >= 0.3 is 0 Å². The number of aromatic nitrogens is 1. The number of nitrogens with zero attached hydrogens (tertiary/aromatic N) is 1. The number of pyridine rings is 1. The minimum Gasteiger partial charge on any atom is -0.323 e. The van der Waals surface area contributed by atoms with Gasteiger partial charge in [0, 0.05) is 11.1 Å². The molecular weight excluding hydrogens is 210 g/mol. The molecule has 0 radical (unpaired) electrons. The number of benzene rings is 1. The van der Waals surface area contributed by atoms with E-state index in [2.05, 4.69) is 31.4 Å². The van der Waals surface area contributed by atoms with E-state index in [-0.39, 0.29) is 0 Å². The highest BCUT2D eigenvalue weighted by Crippen LogP contribution is 2.36. The molecule has 1 heterocycles. The third-order valence-electron chi connectivity index (χ3n) is 3.72. The fourth-order valence-corrected chi connectivity index (χ4v) is 2.82. The van der Waals surface area contributed by atoms with Crippen LogP contribution in [0.1, 0.15) is 28.8 Å². The molecule has 0 amide bonds. The van der Waals surface area contributed by atoms with Crippen LogP contribution in [0.3, 0.4) is 0 Å². The fourth-order valence-electron chi connectivity index (χ4n) is 2.82. The van der Waals surface area contributed by atoms with Crippen LogP contribution in [0.15, 0.2) is 12.1 Å². The van der Waals surface area contributed by atoms with Gasteiger partial charge in [0.2, 0.25) is 0 Å².